The Balaban J connectivity index is 1.80. The van der Waals surface area contributed by atoms with E-state index >= 15 is 0 Å². The molecule has 0 aromatic carbocycles. The number of rotatable bonds is 5. The highest BCUT2D eigenvalue weighted by molar-refractivity contribution is 5.53. The molecular formula is C18H24N6O2. The molecule has 0 aliphatic carbocycles. The first-order valence-corrected chi connectivity index (χ1v) is 8.79. The molecule has 8 nitrogen and oxygen atoms in total. The fourth-order valence-electron chi connectivity index (χ4n) is 3.41. The standard InChI is InChI=1S/C18H24N6O2/c1-12-10-23(16-4-7-19-15(21-16)6-9-25)11-13(2)24(12)17-5-8-20-18(22-17)14(3)26/h4-5,7-9,12-14,26H,6,10-11H2,1-3H3/t12-,13+,14-/m1/s1. The van der Waals surface area contributed by atoms with Gasteiger partial charge in [-0.25, -0.2) is 19.9 Å². The van der Waals surface area contributed by atoms with Crippen LogP contribution in [0.25, 0.3) is 0 Å². The van der Waals surface area contributed by atoms with Gasteiger partial charge in [0.1, 0.15) is 29.9 Å². The van der Waals surface area contributed by atoms with Crippen LogP contribution in [-0.2, 0) is 11.2 Å². The highest BCUT2D eigenvalue weighted by Crippen LogP contribution is 2.26. The number of hydrogen-bond acceptors (Lipinski definition) is 8. The van der Waals surface area contributed by atoms with Crippen LogP contribution in [0.15, 0.2) is 24.5 Å². The molecule has 0 unspecified atom stereocenters. The van der Waals surface area contributed by atoms with Crippen LogP contribution < -0.4 is 9.80 Å². The minimum absolute atomic E-state index is 0.194. The molecule has 1 fully saturated rings. The molecule has 3 heterocycles. The number of nitrogens with zero attached hydrogens (tertiary/aromatic N) is 6. The molecule has 0 bridgehead atoms. The van der Waals surface area contributed by atoms with Crippen molar-refractivity contribution in [1.82, 2.24) is 19.9 Å². The summed E-state index contributed by atoms with van der Waals surface area (Å²) >= 11 is 0. The quantitative estimate of drug-likeness (QED) is 0.798. The van der Waals surface area contributed by atoms with Gasteiger partial charge in [-0.3, -0.25) is 0 Å². The molecule has 0 radical (unpaired) electrons. The Kier molecular flexibility index (Phi) is 5.41. The lowest BCUT2D eigenvalue weighted by Crippen LogP contribution is -2.57. The van der Waals surface area contributed by atoms with Crippen molar-refractivity contribution >= 4 is 17.9 Å². The number of carbonyl (C=O) groups is 1. The molecule has 138 valence electrons. The molecule has 2 aromatic rings. The first-order valence-electron chi connectivity index (χ1n) is 8.79. The number of hydrogen-bond donors (Lipinski definition) is 1. The van der Waals surface area contributed by atoms with Crippen molar-refractivity contribution in [3.63, 3.8) is 0 Å². The fourth-order valence-corrected chi connectivity index (χ4v) is 3.41. The van der Waals surface area contributed by atoms with Crippen LogP contribution in [0.2, 0.25) is 0 Å². The maximum atomic E-state index is 10.7. The second-order valence-corrected chi connectivity index (χ2v) is 6.66. The van der Waals surface area contributed by atoms with Gasteiger partial charge in [0.15, 0.2) is 5.82 Å². The molecule has 2 aromatic heterocycles. The van der Waals surface area contributed by atoms with E-state index in [4.69, 9.17) is 0 Å². The van der Waals surface area contributed by atoms with Gasteiger partial charge in [-0.15, -0.1) is 0 Å². The monoisotopic (exact) mass is 356 g/mol. The fraction of sp³-hybridized carbons (Fsp3) is 0.500. The molecule has 3 atom stereocenters. The van der Waals surface area contributed by atoms with Gasteiger partial charge < -0.3 is 19.7 Å². The van der Waals surface area contributed by atoms with Crippen LogP contribution in [0.4, 0.5) is 11.6 Å². The second kappa shape index (κ2) is 7.74. The largest absolute Gasteiger partial charge is 0.385 e. The molecule has 1 saturated heterocycles. The van der Waals surface area contributed by atoms with Crippen molar-refractivity contribution in [1.29, 1.82) is 0 Å². The minimum Gasteiger partial charge on any atom is -0.385 e. The van der Waals surface area contributed by atoms with Crippen LogP contribution in [0, 0.1) is 0 Å². The number of aliphatic hydroxyl groups is 1. The van der Waals surface area contributed by atoms with Crippen LogP contribution in [0.5, 0.6) is 0 Å². The van der Waals surface area contributed by atoms with E-state index in [-0.39, 0.29) is 18.5 Å². The average molecular weight is 356 g/mol. The third kappa shape index (κ3) is 3.80. The number of anilines is 2. The zero-order chi connectivity index (χ0) is 18.7. The third-order valence-corrected chi connectivity index (χ3v) is 4.50. The molecule has 8 heteroatoms. The van der Waals surface area contributed by atoms with Gasteiger partial charge in [0.2, 0.25) is 0 Å². The molecule has 0 spiro atoms. The Hall–Kier alpha value is -2.61. The van der Waals surface area contributed by atoms with Gasteiger partial charge in [-0.1, -0.05) is 0 Å². The predicted octanol–water partition coefficient (Wildman–Crippen LogP) is 1.16. The van der Waals surface area contributed by atoms with Gasteiger partial charge in [0.25, 0.3) is 0 Å². The number of carbonyl (C=O) groups excluding carboxylic acids is 1. The second-order valence-electron chi connectivity index (χ2n) is 6.66. The molecule has 26 heavy (non-hydrogen) atoms. The summed E-state index contributed by atoms with van der Waals surface area (Å²) in [6, 6.07) is 4.14. The Morgan fingerprint density at radius 2 is 1.81 bits per heavy atom. The van der Waals surface area contributed by atoms with Crippen LogP contribution in [0.3, 0.4) is 0 Å². The van der Waals surface area contributed by atoms with E-state index in [1.54, 1.807) is 19.3 Å². The van der Waals surface area contributed by atoms with Crippen molar-refractivity contribution in [2.75, 3.05) is 22.9 Å². The summed E-state index contributed by atoms with van der Waals surface area (Å²) in [5.41, 5.74) is 0. The highest BCUT2D eigenvalue weighted by Gasteiger charge is 2.31. The molecule has 1 N–H and O–H groups in total. The van der Waals surface area contributed by atoms with Crippen molar-refractivity contribution in [2.24, 2.45) is 0 Å². The zero-order valence-corrected chi connectivity index (χ0v) is 15.3. The molecule has 1 aliphatic heterocycles. The van der Waals surface area contributed by atoms with E-state index in [0.717, 1.165) is 31.0 Å². The van der Waals surface area contributed by atoms with E-state index in [9.17, 15) is 9.90 Å². The van der Waals surface area contributed by atoms with Gasteiger partial charge >= 0.3 is 0 Å². The third-order valence-electron chi connectivity index (χ3n) is 4.50. The van der Waals surface area contributed by atoms with Crippen molar-refractivity contribution in [2.45, 2.75) is 45.4 Å². The zero-order valence-electron chi connectivity index (χ0n) is 15.3. The predicted molar refractivity (Wildman–Crippen MR) is 98.1 cm³/mol. The first-order chi connectivity index (χ1) is 12.5. The van der Waals surface area contributed by atoms with E-state index in [2.05, 4.69) is 43.6 Å². The molecule has 3 rings (SSSR count). The molecule has 1 aliphatic rings. The smallest absolute Gasteiger partial charge is 0.158 e. The van der Waals surface area contributed by atoms with E-state index in [1.807, 2.05) is 12.1 Å². The van der Waals surface area contributed by atoms with Gasteiger partial charge in [-0.2, -0.15) is 0 Å². The SMILES string of the molecule is C[C@@H]1CN(c2ccnc(CC=O)n2)C[C@H](C)N1c1ccnc([C@@H](C)O)n1. The van der Waals surface area contributed by atoms with E-state index in [1.165, 1.54) is 0 Å². The van der Waals surface area contributed by atoms with Crippen LogP contribution in [-0.4, -0.2) is 56.5 Å². The Labute approximate surface area is 152 Å². The number of piperazine rings is 1. The van der Waals surface area contributed by atoms with Gasteiger partial charge in [-0.05, 0) is 32.9 Å². The lowest BCUT2D eigenvalue weighted by atomic mass is 10.1. The lowest BCUT2D eigenvalue weighted by Gasteiger charge is -2.45. The summed E-state index contributed by atoms with van der Waals surface area (Å²) in [5, 5.41) is 9.75. The topological polar surface area (TPSA) is 95.3 Å². The summed E-state index contributed by atoms with van der Waals surface area (Å²) in [4.78, 5) is 32.4. The van der Waals surface area contributed by atoms with Crippen LogP contribution >= 0.6 is 0 Å². The summed E-state index contributed by atoms with van der Waals surface area (Å²) in [5.74, 6) is 2.62. The summed E-state index contributed by atoms with van der Waals surface area (Å²) in [7, 11) is 0. The molecular weight excluding hydrogens is 332 g/mol. The highest BCUT2D eigenvalue weighted by atomic mass is 16.3. The van der Waals surface area contributed by atoms with Crippen molar-refractivity contribution in [3.8, 4) is 0 Å². The Bertz CT molecular complexity index is 757. The summed E-state index contributed by atoms with van der Waals surface area (Å²) < 4.78 is 0. The lowest BCUT2D eigenvalue weighted by molar-refractivity contribution is -0.107. The van der Waals surface area contributed by atoms with Gasteiger partial charge in [0, 0.05) is 37.6 Å². The van der Waals surface area contributed by atoms with Crippen molar-refractivity contribution in [3.05, 3.63) is 36.2 Å². The molecule has 0 saturated carbocycles. The Morgan fingerprint density at radius 1 is 1.15 bits per heavy atom. The van der Waals surface area contributed by atoms with Crippen LogP contribution in [0.1, 0.15) is 38.5 Å². The first kappa shape index (κ1) is 18.2. The minimum atomic E-state index is -0.695. The number of aliphatic hydroxyl groups excluding tert-OH is 1. The number of aldehydes is 1. The maximum Gasteiger partial charge on any atom is 0.158 e. The number of aromatic nitrogens is 4. The summed E-state index contributed by atoms with van der Waals surface area (Å²) in [6.45, 7) is 7.49. The maximum absolute atomic E-state index is 10.7. The van der Waals surface area contributed by atoms with E-state index < -0.39 is 6.10 Å². The van der Waals surface area contributed by atoms with E-state index in [0.29, 0.717) is 11.6 Å². The summed E-state index contributed by atoms with van der Waals surface area (Å²) in [6.07, 6.45) is 3.73. The van der Waals surface area contributed by atoms with Gasteiger partial charge in [0.05, 0.1) is 6.42 Å². The molecule has 0 amide bonds. The normalized spacial score (nSPS) is 21.5. The Morgan fingerprint density at radius 3 is 2.46 bits per heavy atom. The van der Waals surface area contributed by atoms with Crippen molar-refractivity contribution < 1.29 is 9.90 Å². The average Bonchev–Trinajstić information content (AvgIpc) is 2.62.